The molecule has 0 aromatic rings. The SMILES string of the molecule is COC1(OC2=[C-]CC=C2)CC=C(C)C=C1C(C)(C)C.[Cl-].[Cl-].[Ti+3]. The van der Waals surface area contributed by atoms with Gasteiger partial charge in [-0.25, -0.2) is 6.08 Å². The van der Waals surface area contributed by atoms with E-state index >= 15 is 0 Å². The van der Waals surface area contributed by atoms with E-state index in [2.05, 4.69) is 45.9 Å². The minimum atomic E-state index is -0.700. The second-order valence-corrected chi connectivity index (χ2v) is 6.17. The standard InChI is InChI=1S/C17H23O2.2ClH.Ti/c1-13-10-11-17(18-5,15(12-13)16(2,3)4)19-14-8-6-7-9-14;;;/h6,8,10,12H,7,11H2,1-5H3;2*1H;/q-1;;;+3/p-2. The van der Waals surface area contributed by atoms with Crippen molar-refractivity contribution in [2.75, 3.05) is 7.11 Å². The van der Waals surface area contributed by atoms with Gasteiger partial charge in [-0.1, -0.05) is 38.5 Å². The molecule has 0 amide bonds. The third kappa shape index (κ3) is 5.28. The molecular weight excluding hydrogens is 355 g/mol. The first-order valence-corrected chi connectivity index (χ1v) is 6.78. The molecule has 0 aromatic heterocycles. The Bertz CT molecular complexity index is 487. The van der Waals surface area contributed by atoms with Gasteiger partial charge >= 0.3 is 21.7 Å². The molecule has 0 spiro atoms. The van der Waals surface area contributed by atoms with Gasteiger partial charge in [0.2, 0.25) is 5.79 Å². The van der Waals surface area contributed by atoms with E-state index in [1.54, 1.807) is 7.11 Å². The van der Waals surface area contributed by atoms with E-state index in [-0.39, 0.29) is 51.9 Å². The molecule has 1 unspecified atom stereocenters. The van der Waals surface area contributed by atoms with E-state index in [0.717, 1.165) is 18.6 Å². The van der Waals surface area contributed by atoms with Crippen molar-refractivity contribution in [3.63, 3.8) is 0 Å². The normalized spacial score (nSPS) is 23.2. The van der Waals surface area contributed by atoms with Crippen molar-refractivity contribution in [2.24, 2.45) is 5.41 Å². The summed E-state index contributed by atoms with van der Waals surface area (Å²) in [6, 6.07) is 0. The summed E-state index contributed by atoms with van der Waals surface area (Å²) in [5, 5.41) is 0. The fourth-order valence-electron chi connectivity index (χ4n) is 2.55. The Morgan fingerprint density at radius 2 is 1.86 bits per heavy atom. The predicted molar refractivity (Wildman–Crippen MR) is 77.3 cm³/mol. The van der Waals surface area contributed by atoms with Gasteiger partial charge in [0.15, 0.2) is 0 Å². The maximum atomic E-state index is 6.16. The predicted octanol–water partition coefficient (Wildman–Crippen LogP) is -1.68. The van der Waals surface area contributed by atoms with Crippen LogP contribution in [0.5, 0.6) is 0 Å². The van der Waals surface area contributed by atoms with Gasteiger partial charge in [0.05, 0.1) is 0 Å². The van der Waals surface area contributed by atoms with E-state index < -0.39 is 5.79 Å². The summed E-state index contributed by atoms with van der Waals surface area (Å²) in [6.07, 6.45) is 13.1. The van der Waals surface area contributed by atoms with Crippen LogP contribution in [0.15, 0.2) is 41.2 Å². The Labute approximate surface area is 161 Å². The molecule has 1 atom stereocenters. The maximum Gasteiger partial charge on any atom is 3.00 e. The first-order chi connectivity index (χ1) is 8.87. The zero-order valence-electron chi connectivity index (χ0n) is 13.8. The summed E-state index contributed by atoms with van der Waals surface area (Å²) in [5.74, 6) is 0.0827. The molecule has 2 aliphatic carbocycles. The number of hydrogen-bond acceptors (Lipinski definition) is 2. The summed E-state index contributed by atoms with van der Waals surface area (Å²) in [4.78, 5) is 0. The quantitative estimate of drug-likeness (QED) is 0.332. The van der Waals surface area contributed by atoms with Crippen LogP contribution in [0.25, 0.3) is 0 Å². The Hall–Kier alpha value is 0.0143. The topological polar surface area (TPSA) is 18.5 Å². The van der Waals surface area contributed by atoms with Crippen LogP contribution in [0, 0.1) is 11.5 Å². The van der Waals surface area contributed by atoms with Crippen LogP contribution in [-0.4, -0.2) is 12.9 Å². The minimum Gasteiger partial charge on any atom is -1.00 e. The molecule has 22 heavy (non-hydrogen) atoms. The Morgan fingerprint density at radius 3 is 2.32 bits per heavy atom. The van der Waals surface area contributed by atoms with E-state index in [9.17, 15) is 0 Å². The van der Waals surface area contributed by atoms with Crippen LogP contribution in [0.4, 0.5) is 0 Å². The molecule has 2 rings (SSSR count). The van der Waals surface area contributed by atoms with Gasteiger partial charge in [-0.05, 0) is 18.1 Å². The summed E-state index contributed by atoms with van der Waals surface area (Å²) in [5.41, 5.74) is 2.44. The van der Waals surface area contributed by atoms with Crippen LogP contribution in [0.1, 0.15) is 40.5 Å². The molecular formula is C17H23Cl2O2Ti. The molecule has 0 aliphatic heterocycles. The third-order valence-electron chi connectivity index (χ3n) is 3.55. The summed E-state index contributed by atoms with van der Waals surface area (Å²) in [7, 11) is 1.72. The van der Waals surface area contributed by atoms with Gasteiger partial charge in [-0.3, -0.25) is 0 Å². The minimum absolute atomic E-state index is 0. The van der Waals surface area contributed by atoms with Crippen LogP contribution in [0.2, 0.25) is 0 Å². The van der Waals surface area contributed by atoms with Crippen molar-refractivity contribution in [3.05, 3.63) is 47.3 Å². The monoisotopic (exact) mass is 377 g/mol. The summed E-state index contributed by atoms with van der Waals surface area (Å²) < 4.78 is 12.0. The molecule has 1 radical (unpaired) electrons. The molecule has 0 saturated carbocycles. The largest absolute Gasteiger partial charge is 3.00 e. The van der Waals surface area contributed by atoms with Crippen LogP contribution in [0.3, 0.4) is 0 Å². The van der Waals surface area contributed by atoms with Crippen LogP contribution < -0.4 is 24.8 Å². The number of hydrogen-bond donors (Lipinski definition) is 0. The maximum absolute atomic E-state index is 6.16. The van der Waals surface area contributed by atoms with Crippen molar-refractivity contribution in [1.29, 1.82) is 0 Å². The van der Waals surface area contributed by atoms with E-state index in [0.29, 0.717) is 0 Å². The Kier molecular flexibility index (Phi) is 10.3. The van der Waals surface area contributed by atoms with Gasteiger partial charge in [0.1, 0.15) is 0 Å². The van der Waals surface area contributed by atoms with Crippen molar-refractivity contribution in [2.45, 2.75) is 46.3 Å². The van der Waals surface area contributed by atoms with E-state index in [1.165, 1.54) is 11.1 Å². The Morgan fingerprint density at radius 1 is 1.23 bits per heavy atom. The smallest absolute Gasteiger partial charge is 1.00 e. The summed E-state index contributed by atoms with van der Waals surface area (Å²) >= 11 is 0. The number of methoxy groups -OCH3 is 1. The van der Waals surface area contributed by atoms with Gasteiger partial charge in [-0.15, -0.1) is 6.42 Å². The average molecular weight is 378 g/mol. The Balaban J connectivity index is 0. The second-order valence-electron chi connectivity index (χ2n) is 6.17. The van der Waals surface area contributed by atoms with Crippen LogP contribution in [-0.2, 0) is 31.2 Å². The van der Waals surface area contributed by atoms with Crippen molar-refractivity contribution in [3.8, 4) is 0 Å². The zero-order chi connectivity index (χ0) is 14.1. The zero-order valence-corrected chi connectivity index (χ0v) is 16.9. The van der Waals surface area contributed by atoms with Crippen LogP contribution >= 0.6 is 0 Å². The molecule has 0 bridgehead atoms. The van der Waals surface area contributed by atoms with Gasteiger partial charge in [0.25, 0.3) is 0 Å². The van der Waals surface area contributed by atoms with Crippen molar-refractivity contribution < 1.29 is 56.0 Å². The van der Waals surface area contributed by atoms with Crippen molar-refractivity contribution in [1.82, 2.24) is 0 Å². The molecule has 0 heterocycles. The number of halogens is 2. The molecule has 5 heteroatoms. The average Bonchev–Trinajstić information content (AvgIpc) is 2.83. The van der Waals surface area contributed by atoms with E-state index in [4.69, 9.17) is 9.47 Å². The van der Waals surface area contributed by atoms with E-state index in [1.807, 2.05) is 12.2 Å². The van der Waals surface area contributed by atoms with Gasteiger partial charge < -0.3 is 34.3 Å². The molecule has 121 valence electrons. The molecule has 2 aliphatic rings. The molecule has 0 N–H and O–H groups in total. The van der Waals surface area contributed by atoms with Gasteiger partial charge in [0, 0.05) is 19.1 Å². The summed E-state index contributed by atoms with van der Waals surface area (Å²) in [6.45, 7) is 8.69. The second kappa shape index (κ2) is 9.34. The first kappa shape index (κ1) is 24.3. The molecule has 0 saturated heterocycles. The molecule has 0 aromatic carbocycles. The molecule has 2 nitrogen and oxygen atoms in total. The number of allylic oxidation sites excluding steroid dienone is 5. The van der Waals surface area contributed by atoms with Gasteiger partial charge in [-0.2, -0.15) is 12.2 Å². The first-order valence-electron chi connectivity index (χ1n) is 6.78. The third-order valence-corrected chi connectivity index (χ3v) is 3.55. The number of rotatable bonds is 3. The molecule has 0 fully saturated rings. The van der Waals surface area contributed by atoms with Crippen molar-refractivity contribution >= 4 is 0 Å². The fraction of sp³-hybridized carbons (Fsp3) is 0.529. The number of ether oxygens (including phenoxy) is 2. The fourth-order valence-corrected chi connectivity index (χ4v) is 2.55.